The fourth-order valence-corrected chi connectivity index (χ4v) is 1.77. The van der Waals surface area contributed by atoms with Gasteiger partial charge in [-0.1, -0.05) is 42.5 Å². The van der Waals surface area contributed by atoms with E-state index in [-0.39, 0.29) is 12.9 Å². The lowest BCUT2D eigenvalue weighted by Gasteiger charge is -2.25. The van der Waals surface area contributed by atoms with Crippen LogP contribution >= 0.6 is 0 Å². The van der Waals surface area contributed by atoms with E-state index in [0.717, 1.165) is 5.56 Å². The summed E-state index contributed by atoms with van der Waals surface area (Å²) in [6.45, 7) is 4.31. The summed E-state index contributed by atoms with van der Waals surface area (Å²) in [7, 11) is 1.55. The largest absolute Gasteiger partial charge is 0.387 e. The molecule has 112 valence electrons. The van der Waals surface area contributed by atoms with Gasteiger partial charge in [-0.05, 0) is 19.4 Å². The van der Waals surface area contributed by atoms with Crippen molar-refractivity contribution in [2.75, 3.05) is 13.9 Å². The molecule has 4 nitrogen and oxygen atoms in total. The first-order valence-electron chi connectivity index (χ1n) is 6.76. The van der Waals surface area contributed by atoms with Gasteiger partial charge in [0.2, 0.25) is 0 Å². The molecule has 1 aromatic rings. The Morgan fingerprint density at radius 2 is 1.90 bits per heavy atom. The van der Waals surface area contributed by atoms with Gasteiger partial charge in [-0.15, -0.1) is 0 Å². The van der Waals surface area contributed by atoms with Crippen LogP contribution in [0.5, 0.6) is 0 Å². The average molecular weight is 280 g/mol. The summed E-state index contributed by atoms with van der Waals surface area (Å²) >= 11 is 0. The fourth-order valence-electron chi connectivity index (χ4n) is 1.77. The highest BCUT2D eigenvalue weighted by Gasteiger charge is 2.24. The van der Waals surface area contributed by atoms with Crippen molar-refractivity contribution in [1.29, 1.82) is 0 Å². The third kappa shape index (κ3) is 5.84. The number of aliphatic hydroxyl groups is 1. The van der Waals surface area contributed by atoms with Crippen molar-refractivity contribution in [2.45, 2.75) is 38.8 Å². The lowest BCUT2D eigenvalue weighted by atomic mass is 10.1. The summed E-state index contributed by atoms with van der Waals surface area (Å²) in [5, 5.41) is 10.3. The Bertz CT molecular complexity index is 377. The molecule has 0 heterocycles. The highest BCUT2D eigenvalue weighted by molar-refractivity contribution is 5.13. The van der Waals surface area contributed by atoms with Crippen LogP contribution in [0.25, 0.3) is 0 Å². The maximum Gasteiger partial charge on any atom is 0.147 e. The maximum atomic E-state index is 10.3. The summed E-state index contributed by atoms with van der Waals surface area (Å²) in [5.74, 6) is 0. The Balaban J connectivity index is 2.48. The van der Waals surface area contributed by atoms with Gasteiger partial charge in [0, 0.05) is 7.11 Å². The number of hydrogen-bond donors (Lipinski definition) is 1. The van der Waals surface area contributed by atoms with Gasteiger partial charge in [-0.3, -0.25) is 0 Å². The molecule has 4 heteroatoms. The van der Waals surface area contributed by atoms with E-state index in [9.17, 15) is 5.11 Å². The standard InChI is InChI=1S/C16H24O4/c1-4-8-15(20-12-18-3)16(17)13(2)19-11-14-9-6-5-7-10-14/h4-10,13,15-17H,11-12H2,1-3H3/b8-4+/t13-,15+,16+/m0/s1. The smallest absolute Gasteiger partial charge is 0.147 e. The molecule has 0 aliphatic rings. The Morgan fingerprint density at radius 3 is 2.50 bits per heavy atom. The molecular weight excluding hydrogens is 256 g/mol. The Labute approximate surface area is 121 Å². The first-order chi connectivity index (χ1) is 9.69. The molecule has 1 aromatic carbocycles. The van der Waals surface area contributed by atoms with Crippen LogP contribution in [0.3, 0.4) is 0 Å². The lowest BCUT2D eigenvalue weighted by Crippen LogP contribution is -2.38. The van der Waals surface area contributed by atoms with E-state index in [1.807, 2.05) is 50.3 Å². The third-order valence-corrected chi connectivity index (χ3v) is 2.93. The van der Waals surface area contributed by atoms with Gasteiger partial charge >= 0.3 is 0 Å². The minimum Gasteiger partial charge on any atom is -0.387 e. The van der Waals surface area contributed by atoms with E-state index < -0.39 is 12.2 Å². The highest BCUT2D eigenvalue weighted by Crippen LogP contribution is 2.12. The Morgan fingerprint density at radius 1 is 1.20 bits per heavy atom. The second-order valence-electron chi connectivity index (χ2n) is 4.56. The molecule has 0 unspecified atom stereocenters. The van der Waals surface area contributed by atoms with Crippen LogP contribution in [0.1, 0.15) is 19.4 Å². The van der Waals surface area contributed by atoms with Gasteiger partial charge < -0.3 is 19.3 Å². The first-order valence-corrected chi connectivity index (χ1v) is 6.76. The topological polar surface area (TPSA) is 47.9 Å². The minimum atomic E-state index is -0.745. The number of benzene rings is 1. The van der Waals surface area contributed by atoms with Crippen molar-refractivity contribution in [1.82, 2.24) is 0 Å². The Kier molecular flexibility index (Phi) is 8.14. The fraction of sp³-hybridized carbons (Fsp3) is 0.500. The molecule has 0 aliphatic heterocycles. The first kappa shape index (κ1) is 16.9. The predicted molar refractivity (Wildman–Crippen MR) is 78.3 cm³/mol. The van der Waals surface area contributed by atoms with Crippen LogP contribution in [0.4, 0.5) is 0 Å². The predicted octanol–water partition coefficient (Wildman–Crippen LogP) is 2.52. The molecule has 0 spiro atoms. The van der Waals surface area contributed by atoms with Crippen LogP contribution in [0.2, 0.25) is 0 Å². The van der Waals surface area contributed by atoms with Gasteiger partial charge in [-0.2, -0.15) is 0 Å². The van der Waals surface area contributed by atoms with Crippen molar-refractivity contribution in [3.8, 4) is 0 Å². The van der Waals surface area contributed by atoms with Crippen LogP contribution in [0.15, 0.2) is 42.5 Å². The van der Waals surface area contributed by atoms with E-state index >= 15 is 0 Å². The molecule has 0 radical (unpaired) electrons. The molecule has 3 atom stereocenters. The molecule has 1 N–H and O–H groups in total. The summed E-state index contributed by atoms with van der Waals surface area (Å²) in [4.78, 5) is 0. The SMILES string of the molecule is C/C=C/[C@@H](OCOC)[C@H](O)[C@H](C)OCc1ccccc1. The highest BCUT2D eigenvalue weighted by atomic mass is 16.7. The summed E-state index contributed by atoms with van der Waals surface area (Å²) in [6, 6.07) is 9.87. The van der Waals surface area contributed by atoms with E-state index in [2.05, 4.69) is 0 Å². The lowest BCUT2D eigenvalue weighted by molar-refractivity contribution is -0.131. The average Bonchev–Trinajstić information content (AvgIpc) is 2.49. The maximum absolute atomic E-state index is 10.3. The van der Waals surface area contributed by atoms with Gasteiger partial charge in [0.1, 0.15) is 19.0 Å². The van der Waals surface area contributed by atoms with E-state index in [1.54, 1.807) is 13.2 Å². The van der Waals surface area contributed by atoms with Crippen LogP contribution in [-0.2, 0) is 20.8 Å². The molecule has 0 amide bonds. The quantitative estimate of drug-likeness (QED) is 0.558. The normalized spacial score (nSPS) is 16.2. The van der Waals surface area contributed by atoms with Crippen LogP contribution in [-0.4, -0.2) is 37.3 Å². The number of ether oxygens (including phenoxy) is 3. The molecule has 1 rings (SSSR count). The summed E-state index contributed by atoms with van der Waals surface area (Å²) < 4.78 is 16.0. The van der Waals surface area contributed by atoms with Crippen molar-refractivity contribution in [3.63, 3.8) is 0 Å². The number of hydrogen-bond acceptors (Lipinski definition) is 4. The number of rotatable bonds is 9. The molecule has 20 heavy (non-hydrogen) atoms. The van der Waals surface area contributed by atoms with Gasteiger partial charge in [0.05, 0.1) is 12.7 Å². The van der Waals surface area contributed by atoms with Crippen molar-refractivity contribution < 1.29 is 19.3 Å². The molecular formula is C16H24O4. The van der Waals surface area contributed by atoms with E-state index in [0.29, 0.717) is 6.61 Å². The second kappa shape index (κ2) is 9.66. The summed E-state index contributed by atoms with van der Waals surface area (Å²) in [5.41, 5.74) is 1.08. The molecule has 0 saturated carbocycles. The monoisotopic (exact) mass is 280 g/mol. The van der Waals surface area contributed by atoms with Gasteiger partial charge in [0.15, 0.2) is 0 Å². The molecule has 0 aliphatic carbocycles. The van der Waals surface area contributed by atoms with Crippen LogP contribution in [0, 0.1) is 0 Å². The Hall–Kier alpha value is -1.20. The summed E-state index contributed by atoms with van der Waals surface area (Å²) in [6.07, 6.45) is 2.11. The molecule has 0 saturated heterocycles. The van der Waals surface area contributed by atoms with E-state index in [4.69, 9.17) is 14.2 Å². The number of methoxy groups -OCH3 is 1. The zero-order chi connectivity index (χ0) is 14.8. The van der Waals surface area contributed by atoms with Crippen molar-refractivity contribution in [2.24, 2.45) is 0 Å². The molecule has 0 bridgehead atoms. The van der Waals surface area contributed by atoms with Crippen LogP contribution < -0.4 is 0 Å². The van der Waals surface area contributed by atoms with Crippen molar-refractivity contribution in [3.05, 3.63) is 48.0 Å². The number of allylic oxidation sites excluding steroid dienone is 1. The van der Waals surface area contributed by atoms with Gasteiger partial charge in [0.25, 0.3) is 0 Å². The zero-order valence-electron chi connectivity index (χ0n) is 12.4. The third-order valence-electron chi connectivity index (χ3n) is 2.93. The molecule has 0 fully saturated rings. The second-order valence-corrected chi connectivity index (χ2v) is 4.56. The van der Waals surface area contributed by atoms with Crippen molar-refractivity contribution >= 4 is 0 Å². The van der Waals surface area contributed by atoms with E-state index in [1.165, 1.54) is 0 Å². The minimum absolute atomic E-state index is 0.136. The molecule has 0 aromatic heterocycles. The zero-order valence-corrected chi connectivity index (χ0v) is 12.4. The number of aliphatic hydroxyl groups excluding tert-OH is 1. The van der Waals surface area contributed by atoms with Gasteiger partial charge in [-0.25, -0.2) is 0 Å².